The van der Waals surface area contributed by atoms with Crippen LogP contribution in [0.3, 0.4) is 0 Å². The number of ether oxygens (including phenoxy) is 1. The van der Waals surface area contributed by atoms with Gasteiger partial charge in [-0.1, -0.05) is 31.9 Å². The van der Waals surface area contributed by atoms with Crippen LogP contribution in [-0.4, -0.2) is 29.7 Å². The monoisotopic (exact) mass is 223 g/mol. The number of rotatable bonds is 3. The van der Waals surface area contributed by atoms with Crippen LogP contribution in [0.5, 0.6) is 0 Å². The van der Waals surface area contributed by atoms with Crippen LogP contribution in [-0.2, 0) is 4.74 Å². The van der Waals surface area contributed by atoms with Gasteiger partial charge in [-0.25, -0.2) is 4.79 Å². The van der Waals surface area contributed by atoms with Crippen molar-refractivity contribution in [2.24, 2.45) is 0 Å². The van der Waals surface area contributed by atoms with Crippen LogP contribution in [0.4, 0.5) is 4.79 Å². The third-order valence-corrected chi connectivity index (χ3v) is 3.93. The maximum atomic E-state index is 11.9. The zero-order valence-corrected chi connectivity index (χ0v) is 10.2. The second-order valence-corrected chi connectivity index (χ2v) is 4.88. The zero-order chi connectivity index (χ0) is 11.6. The van der Waals surface area contributed by atoms with E-state index in [2.05, 4.69) is 19.1 Å². The largest absolute Gasteiger partial charge is 0.453 e. The average molecular weight is 223 g/mol. The summed E-state index contributed by atoms with van der Waals surface area (Å²) in [6, 6.07) is 0.370. The zero-order valence-electron chi connectivity index (χ0n) is 10.2. The molecule has 2 bridgehead atoms. The summed E-state index contributed by atoms with van der Waals surface area (Å²) in [5.41, 5.74) is -0.0357. The van der Waals surface area contributed by atoms with Gasteiger partial charge in [-0.3, -0.25) is 4.90 Å². The van der Waals surface area contributed by atoms with Crippen molar-refractivity contribution in [2.75, 3.05) is 7.11 Å². The topological polar surface area (TPSA) is 29.5 Å². The van der Waals surface area contributed by atoms with E-state index >= 15 is 0 Å². The van der Waals surface area contributed by atoms with Gasteiger partial charge < -0.3 is 4.74 Å². The highest BCUT2D eigenvalue weighted by Gasteiger charge is 2.48. The van der Waals surface area contributed by atoms with Gasteiger partial charge in [-0.15, -0.1) is 0 Å². The minimum Gasteiger partial charge on any atom is -0.453 e. The van der Waals surface area contributed by atoms with Gasteiger partial charge in [0, 0.05) is 6.04 Å². The molecule has 0 aliphatic carbocycles. The first-order chi connectivity index (χ1) is 7.73. The predicted octanol–water partition coefficient (Wildman–Crippen LogP) is 3.11. The van der Waals surface area contributed by atoms with Gasteiger partial charge in [0.05, 0.1) is 12.6 Å². The summed E-state index contributed by atoms with van der Waals surface area (Å²) < 4.78 is 4.93. The Morgan fingerprint density at radius 3 is 3.12 bits per heavy atom. The number of unbranched alkanes of at least 4 members (excludes halogenated alkanes) is 1. The first kappa shape index (κ1) is 11.5. The molecule has 2 rings (SSSR count). The molecule has 0 aromatic heterocycles. The van der Waals surface area contributed by atoms with Gasteiger partial charge in [0.1, 0.15) is 0 Å². The lowest BCUT2D eigenvalue weighted by atomic mass is 9.88. The molecule has 2 atom stereocenters. The van der Waals surface area contributed by atoms with E-state index in [4.69, 9.17) is 4.74 Å². The summed E-state index contributed by atoms with van der Waals surface area (Å²) >= 11 is 0. The number of nitrogens with zero attached hydrogens (tertiary/aromatic N) is 1. The van der Waals surface area contributed by atoms with Crippen molar-refractivity contribution < 1.29 is 9.53 Å². The Labute approximate surface area is 97.5 Å². The summed E-state index contributed by atoms with van der Waals surface area (Å²) in [6.07, 6.45) is 11.0. The highest BCUT2D eigenvalue weighted by atomic mass is 16.5. The van der Waals surface area contributed by atoms with E-state index in [1.165, 1.54) is 20.0 Å². The van der Waals surface area contributed by atoms with E-state index in [-0.39, 0.29) is 11.6 Å². The lowest BCUT2D eigenvalue weighted by molar-refractivity contribution is 0.0754. The van der Waals surface area contributed by atoms with E-state index in [9.17, 15) is 4.79 Å². The molecular formula is C13H21NO2. The number of carbonyl (C=O) groups excluding carboxylic acids is 1. The SMILES string of the molecule is CCCC[C@]12C=CC[C@H](CC1)N2C(=O)OC. The lowest BCUT2D eigenvalue weighted by Gasteiger charge is -2.40. The lowest BCUT2D eigenvalue weighted by Crippen LogP contribution is -2.51. The molecule has 2 heterocycles. The van der Waals surface area contributed by atoms with Crippen LogP contribution in [0.15, 0.2) is 12.2 Å². The van der Waals surface area contributed by atoms with Gasteiger partial charge in [0.2, 0.25) is 0 Å². The van der Waals surface area contributed by atoms with Crippen molar-refractivity contribution in [1.82, 2.24) is 4.90 Å². The van der Waals surface area contributed by atoms with Crippen LogP contribution in [0, 0.1) is 0 Å². The summed E-state index contributed by atoms with van der Waals surface area (Å²) in [5, 5.41) is 0. The fourth-order valence-electron chi connectivity index (χ4n) is 3.10. The standard InChI is InChI=1S/C13H21NO2/c1-3-4-8-13-9-5-6-11(7-10-13)14(13)12(15)16-2/h5,9,11H,3-4,6-8,10H2,1-2H3/t11-,13+/m1/s1. The van der Waals surface area contributed by atoms with Gasteiger partial charge in [-0.05, 0) is 25.7 Å². The molecular weight excluding hydrogens is 202 g/mol. The number of carbonyl (C=O) groups is 1. The summed E-state index contributed by atoms with van der Waals surface area (Å²) in [5.74, 6) is 0. The Hall–Kier alpha value is -0.990. The molecule has 3 heteroatoms. The van der Waals surface area contributed by atoms with Crippen LogP contribution in [0.25, 0.3) is 0 Å². The molecule has 0 saturated carbocycles. The average Bonchev–Trinajstić information content (AvgIpc) is 2.53. The van der Waals surface area contributed by atoms with Crippen molar-refractivity contribution in [3.05, 3.63) is 12.2 Å². The Kier molecular flexibility index (Phi) is 3.22. The maximum Gasteiger partial charge on any atom is 0.410 e. The second kappa shape index (κ2) is 4.48. The van der Waals surface area contributed by atoms with Gasteiger partial charge in [0.15, 0.2) is 0 Å². The van der Waals surface area contributed by atoms with E-state index in [0.29, 0.717) is 6.04 Å². The first-order valence-electron chi connectivity index (χ1n) is 6.28. The predicted molar refractivity (Wildman–Crippen MR) is 63.3 cm³/mol. The highest BCUT2D eigenvalue weighted by molar-refractivity contribution is 5.70. The van der Waals surface area contributed by atoms with Crippen LogP contribution in [0.1, 0.15) is 45.4 Å². The van der Waals surface area contributed by atoms with Gasteiger partial charge in [0.25, 0.3) is 0 Å². The van der Waals surface area contributed by atoms with E-state index < -0.39 is 0 Å². The number of methoxy groups -OCH3 is 1. The fraction of sp³-hybridized carbons (Fsp3) is 0.769. The molecule has 1 amide bonds. The molecule has 3 nitrogen and oxygen atoms in total. The van der Waals surface area contributed by atoms with Crippen LogP contribution < -0.4 is 0 Å². The third-order valence-electron chi connectivity index (χ3n) is 3.93. The molecule has 0 aromatic rings. The van der Waals surface area contributed by atoms with Crippen molar-refractivity contribution >= 4 is 6.09 Å². The molecule has 2 aliphatic rings. The third kappa shape index (κ3) is 1.72. The van der Waals surface area contributed by atoms with E-state index in [0.717, 1.165) is 25.7 Å². The number of fused-ring (bicyclic) bond motifs is 2. The Morgan fingerprint density at radius 1 is 1.62 bits per heavy atom. The molecule has 90 valence electrons. The van der Waals surface area contributed by atoms with E-state index in [1.807, 2.05) is 4.90 Å². The smallest absolute Gasteiger partial charge is 0.410 e. The number of hydrogen-bond acceptors (Lipinski definition) is 2. The normalized spacial score (nSPS) is 31.9. The minimum absolute atomic E-state index is 0.0357. The minimum atomic E-state index is -0.150. The van der Waals surface area contributed by atoms with Crippen molar-refractivity contribution in [1.29, 1.82) is 0 Å². The molecule has 1 saturated heterocycles. The fourth-order valence-corrected chi connectivity index (χ4v) is 3.10. The number of amides is 1. The van der Waals surface area contributed by atoms with Crippen molar-refractivity contribution in [3.8, 4) is 0 Å². The molecule has 0 unspecified atom stereocenters. The molecule has 2 aliphatic heterocycles. The Balaban J connectivity index is 2.21. The summed E-state index contributed by atoms with van der Waals surface area (Å²) in [6.45, 7) is 2.19. The van der Waals surface area contributed by atoms with Crippen LogP contribution in [0.2, 0.25) is 0 Å². The summed E-state index contributed by atoms with van der Waals surface area (Å²) in [7, 11) is 1.48. The molecule has 0 radical (unpaired) electrons. The molecule has 0 N–H and O–H groups in total. The van der Waals surface area contributed by atoms with Crippen LogP contribution >= 0.6 is 0 Å². The molecule has 0 spiro atoms. The van der Waals surface area contributed by atoms with Crippen molar-refractivity contribution in [3.63, 3.8) is 0 Å². The van der Waals surface area contributed by atoms with E-state index in [1.54, 1.807) is 0 Å². The summed E-state index contributed by atoms with van der Waals surface area (Å²) in [4.78, 5) is 13.9. The van der Waals surface area contributed by atoms with Gasteiger partial charge in [-0.2, -0.15) is 0 Å². The quantitative estimate of drug-likeness (QED) is 0.688. The maximum absolute atomic E-state index is 11.9. The highest BCUT2D eigenvalue weighted by Crippen LogP contribution is 2.43. The number of hydrogen-bond donors (Lipinski definition) is 0. The first-order valence-corrected chi connectivity index (χ1v) is 6.28. The van der Waals surface area contributed by atoms with Gasteiger partial charge >= 0.3 is 6.09 Å². The Morgan fingerprint density at radius 2 is 2.44 bits per heavy atom. The molecule has 1 fully saturated rings. The van der Waals surface area contributed by atoms with Crippen molar-refractivity contribution in [2.45, 2.75) is 57.0 Å². The molecule has 0 aromatic carbocycles. The second-order valence-electron chi connectivity index (χ2n) is 4.88. The Bertz CT molecular complexity index is 300. The molecule has 16 heavy (non-hydrogen) atoms.